The minimum Gasteiger partial charge on any atom is -0.478 e. The summed E-state index contributed by atoms with van der Waals surface area (Å²) in [4.78, 5) is 55.3. The molecule has 0 aromatic heterocycles. The van der Waals surface area contributed by atoms with Crippen LogP contribution in [0.15, 0.2) is 81.7 Å². The smallest absolute Gasteiger partial charge is 0.336 e. The number of hydrogen-bond donors (Lipinski definition) is 4. The van der Waals surface area contributed by atoms with Crippen LogP contribution in [0.1, 0.15) is 143 Å². The second kappa shape index (κ2) is 15.5. The van der Waals surface area contributed by atoms with Crippen molar-refractivity contribution < 1.29 is 29.4 Å². The summed E-state index contributed by atoms with van der Waals surface area (Å²) in [5.41, 5.74) is 5.58. The van der Waals surface area contributed by atoms with Gasteiger partial charge < -0.3 is 20.8 Å². The highest BCUT2D eigenvalue weighted by Crippen LogP contribution is 2.50. The van der Waals surface area contributed by atoms with Crippen LogP contribution in [0.2, 0.25) is 0 Å². The van der Waals surface area contributed by atoms with Gasteiger partial charge in [-0.2, -0.15) is 0 Å². The zero-order valence-electron chi connectivity index (χ0n) is 33.5. The summed E-state index contributed by atoms with van der Waals surface area (Å²) < 4.78 is 0.874. The first-order chi connectivity index (χ1) is 27.5. The van der Waals surface area contributed by atoms with E-state index in [2.05, 4.69) is 97.9 Å². The Balaban J connectivity index is 1.62. The Bertz CT molecular complexity index is 2800. The lowest BCUT2D eigenvalue weighted by Gasteiger charge is -2.24. The zero-order valence-corrected chi connectivity index (χ0v) is 36.7. The molecule has 0 bridgehead atoms. The standard InChI is InChI=1S/C48H44Br2N2O6/c1-21(2)25-11-9-12-26(22(3)4)43(25)51-45(53)32-18-15-30-29-16-19-33(47(55)56)36-34(48(57)58)20-17-31(35(29)36)39-37(30)38(32)40(42(50)41(39)49)46(54)52-44-27(23(5)6)13-10-14-28(44)24(7)8/h9-24H,1-8H3,(H,51,53)(H,52,54)(H,55,56)(H,57,58). The molecule has 7 rings (SSSR count). The van der Waals surface area contributed by atoms with Crippen LogP contribution in [0.4, 0.5) is 11.4 Å². The Morgan fingerprint density at radius 1 is 0.448 bits per heavy atom. The molecule has 0 aliphatic heterocycles. The van der Waals surface area contributed by atoms with E-state index in [0.29, 0.717) is 46.6 Å². The summed E-state index contributed by atoms with van der Waals surface area (Å²) in [6.45, 7) is 16.6. The number of hydrogen-bond acceptors (Lipinski definition) is 4. The minimum absolute atomic E-state index is 0.0958. The maximum Gasteiger partial charge on any atom is 0.336 e. The number of rotatable bonds is 10. The van der Waals surface area contributed by atoms with Crippen molar-refractivity contribution in [2.75, 3.05) is 10.6 Å². The second-order valence-electron chi connectivity index (χ2n) is 16.1. The molecular formula is C48H44Br2N2O6. The fourth-order valence-corrected chi connectivity index (χ4v) is 9.66. The topological polar surface area (TPSA) is 133 Å². The average molecular weight is 905 g/mol. The molecule has 10 heteroatoms. The maximum atomic E-state index is 15.2. The van der Waals surface area contributed by atoms with Crippen molar-refractivity contribution in [1.29, 1.82) is 0 Å². The van der Waals surface area contributed by atoms with Crippen molar-refractivity contribution >= 4 is 110 Å². The molecule has 7 aromatic rings. The number of carboxylic acids is 2. The quantitative estimate of drug-likeness (QED) is 0.0798. The second-order valence-corrected chi connectivity index (χ2v) is 17.7. The number of carbonyl (C=O) groups excluding carboxylic acids is 2. The van der Waals surface area contributed by atoms with E-state index >= 15 is 4.79 Å². The molecule has 0 aliphatic carbocycles. The number of fused-ring (bicyclic) bond motifs is 2. The number of anilines is 2. The van der Waals surface area contributed by atoms with E-state index in [1.807, 2.05) is 36.4 Å². The first-order valence-corrected chi connectivity index (χ1v) is 21.0. The third-order valence-corrected chi connectivity index (χ3v) is 13.3. The van der Waals surface area contributed by atoms with E-state index in [0.717, 1.165) is 33.6 Å². The number of carbonyl (C=O) groups is 4. The number of nitrogens with one attached hydrogen (secondary N) is 2. The van der Waals surface area contributed by atoms with Crippen molar-refractivity contribution in [3.8, 4) is 0 Å². The molecular weight excluding hydrogens is 860 g/mol. The van der Waals surface area contributed by atoms with Gasteiger partial charge in [-0.25, -0.2) is 9.59 Å². The van der Waals surface area contributed by atoms with E-state index in [9.17, 15) is 24.6 Å². The average Bonchev–Trinajstić information content (AvgIpc) is 3.16. The van der Waals surface area contributed by atoms with Gasteiger partial charge in [0.15, 0.2) is 0 Å². The monoisotopic (exact) mass is 902 g/mol. The van der Waals surface area contributed by atoms with Crippen LogP contribution in [0.25, 0.3) is 43.1 Å². The summed E-state index contributed by atoms with van der Waals surface area (Å²) in [6, 6.07) is 21.7. The van der Waals surface area contributed by atoms with Crippen LogP contribution in [0.3, 0.4) is 0 Å². The van der Waals surface area contributed by atoms with Gasteiger partial charge in [0.2, 0.25) is 0 Å². The molecule has 58 heavy (non-hydrogen) atoms. The van der Waals surface area contributed by atoms with Crippen LogP contribution in [-0.4, -0.2) is 34.0 Å². The first-order valence-electron chi connectivity index (χ1n) is 19.4. The maximum absolute atomic E-state index is 15.2. The van der Waals surface area contributed by atoms with Crippen LogP contribution < -0.4 is 10.6 Å². The Morgan fingerprint density at radius 2 is 0.845 bits per heavy atom. The summed E-state index contributed by atoms with van der Waals surface area (Å²) in [7, 11) is 0. The Hall–Kier alpha value is -5.32. The van der Waals surface area contributed by atoms with E-state index in [4.69, 9.17) is 0 Å². The summed E-state index contributed by atoms with van der Waals surface area (Å²) in [5, 5.41) is 31.0. The van der Waals surface area contributed by atoms with E-state index in [-0.39, 0.29) is 51.3 Å². The lowest BCUT2D eigenvalue weighted by molar-refractivity contribution is 0.0695. The molecule has 8 nitrogen and oxygen atoms in total. The molecule has 0 saturated carbocycles. The SMILES string of the molecule is CC(C)c1cccc(C(C)C)c1NC(=O)c1ccc2c3ccc(C(=O)O)c4c(C(=O)O)ccc(c5c(Br)c(Br)c(C(=O)Nc6c(C(C)C)cccc6C(C)C)c1c25)c43. The van der Waals surface area contributed by atoms with Crippen molar-refractivity contribution in [2.24, 2.45) is 0 Å². The van der Waals surface area contributed by atoms with Crippen LogP contribution in [-0.2, 0) is 0 Å². The van der Waals surface area contributed by atoms with Crippen LogP contribution in [0, 0.1) is 0 Å². The normalized spacial score (nSPS) is 12.0. The molecule has 0 saturated heterocycles. The highest BCUT2D eigenvalue weighted by atomic mass is 79.9. The fraction of sp³-hybridized carbons (Fsp3) is 0.250. The Kier molecular flexibility index (Phi) is 10.9. The highest BCUT2D eigenvalue weighted by molar-refractivity contribution is 9.13. The number of para-hydroxylation sites is 2. The van der Waals surface area contributed by atoms with Gasteiger partial charge in [0.25, 0.3) is 11.8 Å². The number of benzene rings is 7. The number of halogens is 2. The first kappa shape index (κ1) is 40.9. The van der Waals surface area contributed by atoms with Crippen LogP contribution in [0.5, 0.6) is 0 Å². The van der Waals surface area contributed by atoms with Gasteiger partial charge in [-0.05, 0) is 118 Å². The Morgan fingerprint density at radius 3 is 1.28 bits per heavy atom. The van der Waals surface area contributed by atoms with Crippen molar-refractivity contribution in [2.45, 2.75) is 79.1 Å². The van der Waals surface area contributed by atoms with Crippen LogP contribution >= 0.6 is 31.9 Å². The van der Waals surface area contributed by atoms with E-state index < -0.39 is 23.8 Å². The molecule has 0 radical (unpaired) electrons. The van der Waals surface area contributed by atoms with E-state index in [1.54, 1.807) is 24.3 Å². The third kappa shape index (κ3) is 6.60. The molecule has 0 heterocycles. The van der Waals surface area contributed by atoms with Gasteiger partial charge in [0.05, 0.1) is 16.7 Å². The summed E-state index contributed by atoms with van der Waals surface area (Å²) in [6.07, 6.45) is 0. The lowest BCUT2D eigenvalue weighted by atomic mass is 9.84. The third-order valence-electron chi connectivity index (χ3n) is 11.2. The molecule has 0 aliphatic rings. The summed E-state index contributed by atoms with van der Waals surface area (Å²) in [5.74, 6) is -2.93. The van der Waals surface area contributed by atoms with Gasteiger partial charge in [-0.15, -0.1) is 0 Å². The van der Waals surface area contributed by atoms with Gasteiger partial charge in [0.1, 0.15) is 0 Å². The molecule has 4 N–H and O–H groups in total. The predicted octanol–water partition coefficient (Wildman–Crippen LogP) is 13.7. The van der Waals surface area contributed by atoms with Gasteiger partial charge >= 0.3 is 11.9 Å². The summed E-state index contributed by atoms with van der Waals surface area (Å²) >= 11 is 7.63. The van der Waals surface area contributed by atoms with Crippen molar-refractivity contribution in [3.63, 3.8) is 0 Å². The fourth-order valence-electron chi connectivity index (χ4n) is 8.47. The zero-order chi connectivity index (χ0) is 42.1. The molecule has 296 valence electrons. The van der Waals surface area contributed by atoms with Gasteiger partial charge in [-0.1, -0.05) is 110 Å². The lowest BCUT2D eigenvalue weighted by Crippen LogP contribution is -2.20. The largest absolute Gasteiger partial charge is 0.478 e. The van der Waals surface area contributed by atoms with Crippen molar-refractivity contribution in [3.05, 3.63) is 126 Å². The molecule has 0 fully saturated rings. The minimum atomic E-state index is -1.26. The molecule has 0 atom stereocenters. The molecule has 2 amide bonds. The van der Waals surface area contributed by atoms with Crippen molar-refractivity contribution in [1.82, 2.24) is 0 Å². The molecule has 0 spiro atoms. The number of aromatic carboxylic acids is 2. The molecule has 7 aromatic carbocycles. The van der Waals surface area contributed by atoms with Gasteiger partial charge in [-0.3, -0.25) is 9.59 Å². The van der Waals surface area contributed by atoms with Gasteiger partial charge in [0, 0.05) is 47.4 Å². The number of amides is 2. The van der Waals surface area contributed by atoms with E-state index in [1.165, 1.54) is 12.1 Å². The predicted molar refractivity (Wildman–Crippen MR) is 242 cm³/mol. The molecule has 0 unspecified atom stereocenters. The highest BCUT2D eigenvalue weighted by Gasteiger charge is 2.31. The number of carboxylic acid groups (broad SMARTS) is 2. The Labute approximate surface area is 353 Å².